The highest BCUT2D eigenvalue weighted by Crippen LogP contribution is 2.33. The Morgan fingerprint density at radius 1 is 1.08 bits per heavy atom. The van der Waals surface area contributed by atoms with Crippen LogP contribution < -0.4 is 15.4 Å². The normalized spacial score (nSPS) is 12.5. The molecule has 0 bridgehead atoms. The van der Waals surface area contributed by atoms with Crippen LogP contribution in [0.4, 0.5) is 5.69 Å². The van der Waals surface area contributed by atoms with E-state index in [0.717, 1.165) is 19.3 Å². The van der Waals surface area contributed by atoms with Gasteiger partial charge in [0.25, 0.3) is 0 Å². The summed E-state index contributed by atoms with van der Waals surface area (Å²) in [6.45, 7) is 2.20. The van der Waals surface area contributed by atoms with Gasteiger partial charge in [0.15, 0.2) is 0 Å². The summed E-state index contributed by atoms with van der Waals surface area (Å²) in [6, 6.07) is 7.26. The minimum atomic E-state index is -1.70. The smallest absolute Gasteiger partial charge is 0.228 e. The number of methoxy groups -OCH3 is 1. The van der Waals surface area contributed by atoms with Crippen LogP contribution in [0, 0.1) is 0 Å². The van der Waals surface area contributed by atoms with Crippen LogP contribution in [0.3, 0.4) is 0 Å². The van der Waals surface area contributed by atoms with Crippen LogP contribution in [0.15, 0.2) is 24.3 Å². The van der Waals surface area contributed by atoms with Crippen LogP contribution in [0.1, 0.15) is 58.3 Å². The number of halogens is 3. The second-order valence-corrected chi connectivity index (χ2v) is 8.63. The summed E-state index contributed by atoms with van der Waals surface area (Å²) in [4.78, 5) is 12.2. The van der Waals surface area contributed by atoms with Crippen molar-refractivity contribution in [3.8, 4) is 5.75 Å². The van der Waals surface area contributed by atoms with Gasteiger partial charge in [-0.2, -0.15) is 0 Å². The quantitative estimate of drug-likeness (QED) is 0.244. The fraction of sp³-hybridized carbons (Fsp3) is 0.632. The molecule has 0 spiro atoms. The van der Waals surface area contributed by atoms with Crippen molar-refractivity contribution in [2.24, 2.45) is 0 Å². The van der Waals surface area contributed by atoms with Crippen LogP contribution in [-0.2, 0) is 4.79 Å². The number of ether oxygens (including phenoxy) is 1. The SMILES string of the molecule is CCCCCCCCCC(=O)N[C@H](Nc1ccccc1OC)C(Cl)(Cl)Cl. The molecule has 1 aromatic rings. The number of hydrogen-bond donors (Lipinski definition) is 2. The van der Waals surface area contributed by atoms with Gasteiger partial charge >= 0.3 is 0 Å². The Balaban J connectivity index is 2.48. The third kappa shape index (κ3) is 9.20. The molecule has 0 radical (unpaired) electrons. The van der Waals surface area contributed by atoms with Crippen molar-refractivity contribution in [2.45, 2.75) is 68.2 Å². The van der Waals surface area contributed by atoms with E-state index >= 15 is 0 Å². The largest absolute Gasteiger partial charge is 0.495 e. The summed E-state index contributed by atoms with van der Waals surface area (Å²) in [5.41, 5.74) is 0.641. The standard InChI is InChI=1S/C19H29Cl3N2O2/c1-3-4-5-6-7-8-9-14-17(25)24-18(19(20,21)22)23-15-12-10-11-13-16(15)26-2/h10-13,18,23H,3-9,14H2,1-2H3,(H,24,25)/t18-/m0/s1. The Kier molecular flexibility index (Phi) is 11.2. The van der Waals surface area contributed by atoms with Crippen LogP contribution in [-0.4, -0.2) is 23.0 Å². The molecule has 0 aliphatic heterocycles. The number of carbonyl (C=O) groups is 1. The summed E-state index contributed by atoms with van der Waals surface area (Å²) in [7, 11) is 1.56. The third-order valence-corrected chi connectivity index (χ3v) is 4.70. The molecule has 26 heavy (non-hydrogen) atoms. The summed E-state index contributed by atoms with van der Waals surface area (Å²) in [6.07, 6.45) is 7.58. The van der Waals surface area contributed by atoms with Crippen LogP contribution in [0.5, 0.6) is 5.75 Å². The summed E-state index contributed by atoms with van der Waals surface area (Å²) in [5.74, 6) is 0.463. The number of nitrogens with one attached hydrogen (secondary N) is 2. The minimum Gasteiger partial charge on any atom is -0.495 e. The Hall–Kier alpha value is -0.840. The molecule has 7 heteroatoms. The highest BCUT2D eigenvalue weighted by atomic mass is 35.6. The fourth-order valence-electron chi connectivity index (χ4n) is 2.59. The van der Waals surface area contributed by atoms with Gasteiger partial charge in [0.2, 0.25) is 9.70 Å². The number of carbonyl (C=O) groups excluding carboxylic acids is 1. The predicted octanol–water partition coefficient (Wildman–Crippen LogP) is 6.06. The molecule has 0 aliphatic carbocycles. The molecule has 4 nitrogen and oxygen atoms in total. The molecule has 1 rings (SSSR count). The van der Waals surface area contributed by atoms with Gasteiger partial charge in [-0.1, -0.05) is 92.4 Å². The highest BCUT2D eigenvalue weighted by Gasteiger charge is 2.34. The number of alkyl halides is 3. The van der Waals surface area contributed by atoms with E-state index in [1.165, 1.54) is 25.7 Å². The molecule has 0 saturated carbocycles. The van der Waals surface area contributed by atoms with E-state index in [1.807, 2.05) is 12.1 Å². The number of unbranched alkanes of at least 4 members (excludes halogenated alkanes) is 6. The van der Waals surface area contributed by atoms with E-state index < -0.39 is 9.96 Å². The van der Waals surface area contributed by atoms with Gasteiger partial charge in [-0.25, -0.2) is 0 Å². The van der Waals surface area contributed by atoms with E-state index in [2.05, 4.69) is 17.6 Å². The molecular weight excluding hydrogens is 395 g/mol. The number of anilines is 1. The lowest BCUT2D eigenvalue weighted by molar-refractivity contribution is -0.121. The average Bonchev–Trinajstić information content (AvgIpc) is 2.60. The minimum absolute atomic E-state index is 0.141. The van der Waals surface area contributed by atoms with Crippen LogP contribution in [0.2, 0.25) is 0 Å². The zero-order valence-electron chi connectivity index (χ0n) is 15.5. The molecule has 0 aromatic heterocycles. The van der Waals surface area contributed by atoms with E-state index in [4.69, 9.17) is 39.5 Å². The van der Waals surface area contributed by atoms with Crippen LogP contribution in [0.25, 0.3) is 0 Å². The molecule has 148 valence electrons. The van der Waals surface area contributed by atoms with Crippen molar-refractivity contribution in [3.05, 3.63) is 24.3 Å². The molecule has 1 atom stereocenters. The molecule has 1 amide bonds. The maximum atomic E-state index is 12.2. The first-order valence-electron chi connectivity index (χ1n) is 9.14. The molecular formula is C19H29Cl3N2O2. The Morgan fingerprint density at radius 3 is 2.31 bits per heavy atom. The highest BCUT2D eigenvalue weighted by molar-refractivity contribution is 6.68. The van der Waals surface area contributed by atoms with Gasteiger partial charge in [-0.3, -0.25) is 4.79 Å². The second kappa shape index (κ2) is 12.5. The van der Waals surface area contributed by atoms with Gasteiger partial charge < -0.3 is 15.4 Å². The predicted molar refractivity (Wildman–Crippen MR) is 111 cm³/mol. The summed E-state index contributed by atoms with van der Waals surface area (Å²) < 4.78 is 3.58. The van der Waals surface area contributed by atoms with E-state index in [1.54, 1.807) is 19.2 Å². The lowest BCUT2D eigenvalue weighted by Gasteiger charge is -2.28. The molecule has 2 N–H and O–H groups in total. The summed E-state index contributed by atoms with van der Waals surface area (Å²) >= 11 is 18.1. The van der Waals surface area contributed by atoms with Gasteiger partial charge in [0.05, 0.1) is 12.8 Å². The number of hydrogen-bond acceptors (Lipinski definition) is 3. The maximum absolute atomic E-state index is 12.2. The van der Waals surface area contributed by atoms with E-state index in [0.29, 0.717) is 17.9 Å². The lowest BCUT2D eigenvalue weighted by Crippen LogP contribution is -2.49. The lowest BCUT2D eigenvalue weighted by atomic mass is 10.1. The molecule has 0 unspecified atom stereocenters. The van der Waals surface area contributed by atoms with E-state index in [-0.39, 0.29) is 5.91 Å². The number of amides is 1. The first-order valence-corrected chi connectivity index (χ1v) is 10.3. The number of benzene rings is 1. The molecule has 1 aromatic carbocycles. The van der Waals surface area contributed by atoms with Crippen molar-refractivity contribution in [2.75, 3.05) is 12.4 Å². The van der Waals surface area contributed by atoms with Crippen molar-refractivity contribution < 1.29 is 9.53 Å². The average molecular weight is 424 g/mol. The van der Waals surface area contributed by atoms with Gasteiger partial charge in [0, 0.05) is 6.42 Å². The molecule has 0 aliphatic rings. The van der Waals surface area contributed by atoms with Gasteiger partial charge in [-0.05, 0) is 18.6 Å². The van der Waals surface area contributed by atoms with Gasteiger partial charge in [-0.15, -0.1) is 0 Å². The fourth-order valence-corrected chi connectivity index (χ4v) is 2.92. The van der Waals surface area contributed by atoms with Crippen molar-refractivity contribution in [3.63, 3.8) is 0 Å². The van der Waals surface area contributed by atoms with Crippen molar-refractivity contribution in [1.29, 1.82) is 0 Å². The second-order valence-electron chi connectivity index (χ2n) is 6.26. The van der Waals surface area contributed by atoms with Crippen molar-refractivity contribution >= 4 is 46.4 Å². The third-order valence-electron chi connectivity index (χ3n) is 4.05. The first kappa shape index (κ1) is 23.2. The molecule has 0 heterocycles. The van der Waals surface area contributed by atoms with Gasteiger partial charge in [0.1, 0.15) is 11.9 Å². The summed E-state index contributed by atoms with van der Waals surface area (Å²) in [5, 5.41) is 5.81. The Morgan fingerprint density at radius 2 is 1.69 bits per heavy atom. The topological polar surface area (TPSA) is 50.4 Å². The zero-order chi connectivity index (χ0) is 19.4. The molecule has 0 saturated heterocycles. The zero-order valence-corrected chi connectivity index (χ0v) is 17.8. The Labute approximate surface area is 171 Å². The number of rotatable bonds is 12. The monoisotopic (exact) mass is 422 g/mol. The number of para-hydroxylation sites is 2. The Bertz CT molecular complexity index is 536. The van der Waals surface area contributed by atoms with Crippen LogP contribution >= 0.6 is 34.8 Å². The van der Waals surface area contributed by atoms with E-state index in [9.17, 15) is 4.79 Å². The molecule has 0 fully saturated rings. The maximum Gasteiger partial charge on any atom is 0.228 e. The van der Waals surface area contributed by atoms with Crippen molar-refractivity contribution in [1.82, 2.24) is 5.32 Å². The first-order chi connectivity index (χ1) is 12.4.